The van der Waals surface area contributed by atoms with Crippen molar-refractivity contribution in [1.29, 1.82) is 0 Å². The molecule has 1 heterocycles. The number of carbonyl (C=O) groups is 3. The van der Waals surface area contributed by atoms with Crippen LogP contribution in [-0.2, 0) is 35.8 Å². The number of piperazine rings is 1. The molecule has 0 radical (unpaired) electrons. The standard InChI is InChI=1S/C25H38N2O6/c1-8-25(21(28)31-7,22(29)32-9-2)20-12-10-19(11-13-20)17-26-14-15-27(18(3)16-26)23(30)33-24(4,5)6/h10-13,18H,8-9,14-17H2,1-7H3/t18-,25?/m0/s1. The van der Waals surface area contributed by atoms with E-state index in [1.54, 1.807) is 30.9 Å². The van der Waals surface area contributed by atoms with E-state index in [0.717, 1.165) is 18.7 Å². The fourth-order valence-electron chi connectivity index (χ4n) is 4.16. The highest BCUT2D eigenvalue weighted by Crippen LogP contribution is 2.32. The molecule has 0 aromatic heterocycles. The first kappa shape index (κ1) is 26.6. The Morgan fingerprint density at radius 2 is 1.67 bits per heavy atom. The van der Waals surface area contributed by atoms with Crippen LogP contribution in [0.25, 0.3) is 0 Å². The number of ether oxygens (including phenoxy) is 3. The summed E-state index contributed by atoms with van der Waals surface area (Å²) in [5.74, 6) is -1.22. The van der Waals surface area contributed by atoms with Crippen LogP contribution >= 0.6 is 0 Å². The molecule has 0 N–H and O–H groups in total. The van der Waals surface area contributed by atoms with Gasteiger partial charge in [-0.15, -0.1) is 0 Å². The Morgan fingerprint density at radius 1 is 1.03 bits per heavy atom. The lowest BCUT2D eigenvalue weighted by atomic mass is 9.77. The van der Waals surface area contributed by atoms with E-state index in [-0.39, 0.29) is 25.2 Å². The summed E-state index contributed by atoms with van der Waals surface area (Å²) >= 11 is 0. The average molecular weight is 463 g/mol. The number of hydrogen-bond donors (Lipinski definition) is 0. The maximum atomic E-state index is 12.7. The highest BCUT2D eigenvalue weighted by Gasteiger charge is 2.48. The van der Waals surface area contributed by atoms with E-state index < -0.39 is 23.0 Å². The average Bonchev–Trinajstić information content (AvgIpc) is 2.74. The van der Waals surface area contributed by atoms with E-state index in [4.69, 9.17) is 14.2 Å². The van der Waals surface area contributed by atoms with Crippen molar-refractivity contribution < 1.29 is 28.6 Å². The van der Waals surface area contributed by atoms with Gasteiger partial charge in [-0.1, -0.05) is 31.2 Å². The molecule has 0 saturated carbocycles. The summed E-state index contributed by atoms with van der Waals surface area (Å²) in [6, 6.07) is 7.48. The van der Waals surface area contributed by atoms with Crippen molar-refractivity contribution in [1.82, 2.24) is 9.80 Å². The summed E-state index contributed by atoms with van der Waals surface area (Å²) in [7, 11) is 1.28. The first-order valence-corrected chi connectivity index (χ1v) is 11.6. The van der Waals surface area contributed by atoms with Gasteiger partial charge in [-0.3, -0.25) is 14.5 Å². The summed E-state index contributed by atoms with van der Waals surface area (Å²) in [5, 5.41) is 0. The smallest absolute Gasteiger partial charge is 0.410 e. The van der Waals surface area contributed by atoms with E-state index in [1.807, 2.05) is 39.8 Å². The van der Waals surface area contributed by atoms with E-state index in [0.29, 0.717) is 18.7 Å². The van der Waals surface area contributed by atoms with Crippen LogP contribution in [0.2, 0.25) is 0 Å². The number of amides is 1. The minimum atomic E-state index is -1.48. The molecule has 1 aromatic carbocycles. The van der Waals surface area contributed by atoms with Crippen LogP contribution in [0.15, 0.2) is 24.3 Å². The SMILES string of the molecule is CCOC(=O)C(CC)(C(=O)OC)c1ccc(CN2CCN(C(=O)OC(C)(C)C)[C@@H](C)C2)cc1. The number of hydrogen-bond acceptors (Lipinski definition) is 7. The minimum Gasteiger partial charge on any atom is -0.468 e. The molecule has 0 spiro atoms. The van der Waals surface area contributed by atoms with E-state index in [2.05, 4.69) is 4.90 Å². The van der Waals surface area contributed by atoms with Crippen LogP contribution in [0.5, 0.6) is 0 Å². The Morgan fingerprint density at radius 3 is 2.15 bits per heavy atom. The lowest BCUT2D eigenvalue weighted by Crippen LogP contribution is -2.54. The Hall–Kier alpha value is -2.61. The van der Waals surface area contributed by atoms with Crippen LogP contribution < -0.4 is 0 Å². The highest BCUT2D eigenvalue weighted by atomic mass is 16.6. The van der Waals surface area contributed by atoms with E-state index in [9.17, 15) is 14.4 Å². The third-order valence-electron chi connectivity index (χ3n) is 5.88. The predicted molar refractivity (Wildman–Crippen MR) is 125 cm³/mol. The lowest BCUT2D eigenvalue weighted by Gasteiger charge is -2.40. The number of benzene rings is 1. The first-order chi connectivity index (χ1) is 15.5. The Balaban J connectivity index is 2.10. The number of methoxy groups -OCH3 is 1. The zero-order valence-corrected chi connectivity index (χ0v) is 21.0. The monoisotopic (exact) mass is 462 g/mol. The van der Waals surface area contributed by atoms with Gasteiger partial charge >= 0.3 is 18.0 Å². The number of rotatable bonds is 7. The largest absolute Gasteiger partial charge is 0.468 e. The Bertz CT molecular complexity index is 832. The summed E-state index contributed by atoms with van der Waals surface area (Å²) < 4.78 is 15.7. The molecular weight excluding hydrogens is 424 g/mol. The minimum absolute atomic E-state index is 0.0313. The van der Waals surface area contributed by atoms with Crippen LogP contribution in [0.3, 0.4) is 0 Å². The highest BCUT2D eigenvalue weighted by molar-refractivity contribution is 6.06. The molecule has 1 aliphatic rings. The number of esters is 2. The molecule has 1 saturated heterocycles. The summed E-state index contributed by atoms with van der Waals surface area (Å²) in [6.07, 6.45) is -0.0428. The topological polar surface area (TPSA) is 85.4 Å². The van der Waals surface area contributed by atoms with Gasteiger partial charge in [-0.25, -0.2) is 4.79 Å². The van der Waals surface area contributed by atoms with Crippen LogP contribution in [0, 0.1) is 0 Å². The third kappa shape index (κ3) is 6.25. The molecule has 2 rings (SSSR count). The second-order valence-electron chi connectivity index (χ2n) is 9.43. The van der Waals surface area contributed by atoms with Gasteiger partial charge in [-0.2, -0.15) is 0 Å². The molecule has 8 heteroatoms. The Kier molecular flexibility index (Phi) is 8.89. The molecule has 1 unspecified atom stereocenters. The summed E-state index contributed by atoms with van der Waals surface area (Å²) in [4.78, 5) is 41.8. The molecule has 33 heavy (non-hydrogen) atoms. The molecular formula is C25H38N2O6. The molecule has 1 amide bonds. The zero-order chi connectivity index (χ0) is 24.8. The molecule has 1 aliphatic heterocycles. The molecule has 0 aliphatic carbocycles. The van der Waals surface area contributed by atoms with Gasteiger partial charge in [0, 0.05) is 32.2 Å². The molecule has 1 aromatic rings. The Labute approximate surface area is 197 Å². The fraction of sp³-hybridized carbons (Fsp3) is 0.640. The van der Waals surface area contributed by atoms with Gasteiger partial charge in [0.15, 0.2) is 5.41 Å². The van der Waals surface area contributed by atoms with Gasteiger partial charge in [-0.05, 0) is 52.2 Å². The van der Waals surface area contributed by atoms with Crippen molar-refractivity contribution in [3.8, 4) is 0 Å². The predicted octanol–water partition coefficient (Wildman–Crippen LogP) is 3.51. The van der Waals surface area contributed by atoms with Crippen molar-refractivity contribution in [2.24, 2.45) is 0 Å². The quantitative estimate of drug-likeness (QED) is 0.348. The molecule has 8 nitrogen and oxygen atoms in total. The normalized spacial score (nSPS) is 18.9. The second kappa shape index (κ2) is 11.0. The number of nitrogens with zero attached hydrogens (tertiary/aromatic N) is 2. The van der Waals surface area contributed by atoms with Crippen molar-refractivity contribution in [3.63, 3.8) is 0 Å². The fourth-order valence-corrected chi connectivity index (χ4v) is 4.16. The van der Waals surface area contributed by atoms with Crippen LogP contribution in [0.1, 0.15) is 59.1 Å². The molecule has 2 atom stereocenters. The van der Waals surface area contributed by atoms with Gasteiger partial charge in [0.25, 0.3) is 0 Å². The third-order valence-corrected chi connectivity index (χ3v) is 5.88. The molecule has 1 fully saturated rings. The van der Waals surface area contributed by atoms with Crippen molar-refractivity contribution >= 4 is 18.0 Å². The van der Waals surface area contributed by atoms with Gasteiger partial charge in [0.1, 0.15) is 5.60 Å². The first-order valence-electron chi connectivity index (χ1n) is 11.6. The van der Waals surface area contributed by atoms with Crippen LogP contribution in [-0.4, -0.2) is 72.8 Å². The van der Waals surface area contributed by atoms with Gasteiger partial charge in [0.05, 0.1) is 13.7 Å². The van der Waals surface area contributed by atoms with E-state index in [1.165, 1.54) is 7.11 Å². The zero-order valence-electron chi connectivity index (χ0n) is 21.0. The molecule has 184 valence electrons. The van der Waals surface area contributed by atoms with Crippen molar-refractivity contribution in [2.45, 2.75) is 71.6 Å². The van der Waals surface area contributed by atoms with Gasteiger partial charge in [0.2, 0.25) is 0 Å². The van der Waals surface area contributed by atoms with Gasteiger partial charge < -0.3 is 19.1 Å². The number of carbonyl (C=O) groups excluding carboxylic acids is 3. The summed E-state index contributed by atoms with van der Waals surface area (Å²) in [6.45, 7) is 14.0. The summed E-state index contributed by atoms with van der Waals surface area (Å²) in [5.41, 5.74) is -0.383. The maximum absolute atomic E-state index is 12.7. The lowest BCUT2D eigenvalue weighted by molar-refractivity contribution is -0.163. The van der Waals surface area contributed by atoms with Crippen molar-refractivity contribution in [2.75, 3.05) is 33.4 Å². The second-order valence-corrected chi connectivity index (χ2v) is 9.43. The van der Waals surface area contributed by atoms with Crippen LogP contribution in [0.4, 0.5) is 4.79 Å². The molecule has 0 bridgehead atoms. The van der Waals surface area contributed by atoms with E-state index >= 15 is 0 Å². The maximum Gasteiger partial charge on any atom is 0.410 e. The van der Waals surface area contributed by atoms with Crippen molar-refractivity contribution in [3.05, 3.63) is 35.4 Å².